The predicted octanol–water partition coefficient (Wildman–Crippen LogP) is 2.23. The zero-order valence-electron chi connectivity index (χ0n) is 12.8. The van der Waals surface area contributed by atoms with Crippen LogP contribution in [-0.4, -0.2) is 38.0 Å². The van der Waals surface area contributed by atoms with Crippen molar-refractivity contribution in [1.29, 1.82) is 0 Å². The number of nitrogens with zero attached hydrogens (tertiary/aromatic N) is 1. The zero-order chi connectivity index (χ0) is 15.0. The van der Waals surface area contributed by atoms with E-state index in [4.69, 9.17) is 5.73 Å². The van der Waals surface area contributed by atoms with Crippen LogP contribution in [-0.2, 0) is 4.79 Å². The standard InChI is InChI=1S/C15H27N3OS/c1-12(8-9-16)6-7-15(19)17-11-13(18(2)3)14-5-4-10-20-14/h4-5,10,12-13H,6-9,11,16H2,1-3H3,(H,17,19). The largest absolute Gasteiger partial charge is 0.354 e. The molecule has 0 aromatic carbocycles. The van der Waals surface area contributed by atoms with E-state index in [-0.39, 0.29) is 11.9 Å². The highest BCUT2D eigenvalue weighted by Gasteiger charge is 2.16. The van der Waals surface area contributed by atoms with E-state index in [2.05, 4.69) is 28.6 Å². The Bertz CT molecular complexity index is 378. The van der Waals surface area contributed by atoms with Crippen LogP contribution in [0, 0.1) is 5.92 Å². The van der Waals surface area contributed by atoms with Gasteiger partial charge in [-0.1, -0.05) is 13.0 Å². The Kier molecular flexibility index (Phi) is 7.80. The summed E-state index contributed by atoms with van der Waals surface area (Å²) in [4.78, 5) is 15.3. The van der Waals surface area contributed by atoms with E-state index >= 15 is 0 Å². The van der Waals surface area contributed by atoms with Gasteiger partial charge in [0.05, 0.1) is 6.04 Å². The molecule has 5 heteroatoms. The third kappa shape index (κ3) is 6.03. The highest BCUT2D eigenvalue weighted by atomic mass is 32.1. The molecule has 0 saturated carbocycles. The number of carbonyl (C=O) groups is 1. The number of hydrogen-bond donors (Lipinski definition) is 2. The summed E-state index contributed by atoms with van der Waals surface area (Å²) in [6.45, 7) is 3.51. The van der Waals surface area contributed by atoms with Crippen molar-refractivity contribution in [2.24, 2.45) is 11.7 Å². The average Bonchev–Trinajstić information content (AvgIpc) is 2.90. The molecule has 2 atom stereocenters. The summed E-state index contributed by atoms with van der Waals surface area (Å²) in [7, 11) is 4.08. The second-order valence-corrected chi connectivity index (χ2v) is 6.50. The average molecular weight is 297 g/mol. The fourth-order valence-corrected chi connectivity index (χ4v) is 3.05. The van der Waals surface area contributed by atoms with Gasteiger partial charge in [-0.05, 0) is 50.8 Å². The number of amides is 1. The van der Waals surface area contributed by atoms with E-state index in [0.29, 0.717) is 25.4 Å². The number of nitrogens with one attached hydrogen (secondary N) is 1. The highest BCUT2D eigenvalue weighted by molar-refractivity contribution is 7.10. The van der Waals surface area contributed by atoms with Crippen molar-refractivity contribution in [3.63, 3.8) is 0 Å². The Labute approximate surface area is 126 Å². The van der Waals surface area contributed by atoms with Gasteiger partial charge in [0.15, 0.2) is 0 Å². The Morgan fingerprint density at radius 1 is 1.45 bits per heavy atom. The number of nitrogens with two attached hydrogens (primary N) is 1. The van der Waals surface area contributed by atoms with Gasteiger partial charge in [0.1, 0.15) is 0 Å². The Morgan fingerprint density at radius 2 is 2.20 bits per heavy atom. The number of likely N-dealkylation sites (N-methyl/N-ethyl adjacent to an activating group) is 1. The lowest BCUT2D eigenvalue weighted by Crippen LogP contribution is -2.34. The molecule has 1 aromatic rings. The van der Waals surface area contributed by atoms with Crippen LogP contribution in [0.25, 0.3) is 0 Å². The molecule has 114 valence electrons. The fourth-order valence-electron chi connectivity index (χ4n) is 2.12. The molecular weight excluding hydrogens is 270 g/mol. The maximum atomic E-state index is 11.9. The molecule has 1 heterocycles. The molecule has 20 heavy (non-hydrogen) atoms. The number of carbonyl (C=O) groups excluding carboxylic acids is 1. The molecule has 0 aliphatic carbocycles. The summed E-state index contributed by atoms with van der Waals surface area (Å²) in [6, 6.07) is 4.41. The Hall–Kier alpha value is -0.910. The SMILES string of the molecule is CC(CCN)CCC(=O)NCC(c1cccs1)N(C)C. The minimum absolute atomic E-state index is 0.136. The van der Waals surface area contributed by atoms with Gasteiger partial charge >= 0.3 is 0 Å². The van der Waals surface area contributed by atoms with Crippen molar-refractivity contribution in [3.8, 4) is 0 Å². The van der Waals surface area contributed by atoms with Crippen LogP contribution in [0.1, 0.15) is 37.1 Å². The molecule has 0 saturated heterocycles. The maximum absolute atomic E-state index is 11.9. The fraction of sp³-hybridized carbons (Fsp3) is 0.667. The van der Waals surface area contributed by atoms with Crippen LogP contribution in [0.15, 0.2) is 17.5 Å². The summed E-state index contributed by atoms with van der Waals surface area (Å²) >= 11 is 1.73. The van der Waals surface area contributed by atoms with E-state index in [1.165, 1.54) is 4.88 Å². The normalized spacial score (nSPS) is 14.2. The molecule has 0 fully saturated rings. The van der Waals surface area contributed by atoms with Gasteiger partial charge in [-0.25, -0.2) is 0 Å². The molecule has 4 nitrogen and oxygen atoms in total. The third-order valence-corrected chi connectivity index (χ3v) is 4.48. The van der Waals surface area contributed by atoms with E-state index in [9.17, 15) is 4.79 Å². The molecular formula is C15H27N3OS. The monoisotopic (exact) mass is 297 g/mol. The summed E-state index contributed by atoms with van der Waals surface area (Å²) in [5.41, 5.74) is 5.52. The van der Waals surface area contributed by atoms with Crippen molar-refractivity contribution in [2.45, 2.75) is 32.2 Å². The zero-order valence-corrected chi connectivity index (χ0v) is 13.6. The number of thiophene rings is 1. The van der Waals surface area contributed by atoms with Crippen molar-refractivity contribution in [2.75, 3.05) is 27.2 Å². The Balaban J connectivity index is 2.35. The second-order valence-electron chi connectivity index (χ2n) is 5.52. The first kappa shape index (κ1) is 17.1. The van der Waals surface area contributed by atoms with Crippen LogP contribution in [0.2, 0.25) is 0 Å². The molecule has 2 unspecified atom stereocenters. The minimum atomic E-state index is 0.136. The molecule has 1 amide bonds. The molecule has 1 aromatic heterocycles. The summed E-state index contributed by atoms with van der Waals surface area (Å²) in [5.74, 6) is 0.657. The summed E-state index contributed by atoms with van der Waals surface area (Å²) in [6.07, 6.45) is 2.49. The second kappa shape index (κ2) is 9.10. The van der Waals surface area contributed by atoms with Gasteiger partial charge in [0.2, 0.25) is 5.91 Å². The number of hydrogen-bond acceptors (Lipinski definition) is 4. The van der Waals surface area contributed by atoms with Crippen LogP contribution >= 0.6 is 11.3 Å². The smallest absolute Gasteiger partial charge is 0.220 e. The minimum Gasteiger partial charge on any atom is -0.354 e. The van der Waals surface area contributed by atoms with Gasteiger partial charge in [-0.2, -0.15) is 0 Å². The first-order valence-corrected chi connectivity index (χ1v) is 8.09. The van der Waals surface area contributed by atoms with Crippen molar-refractivity contribution in [1.82, 2.24) is 10.2 Å². The van der Waals surface area contributed by atoms with E-state index in [1.54, 1.807) is 11.3 Å². The molecule has 3 N–H and O–H groups in total. The molecule has 0 aliphatic heterocycles. The molecule has 0 bridgehead atoms. The first-order chi connectivity index (χ1) is 9.54. The quantitative estimate of drug-likeness (QED) is 0.735. The first-order valence-electron chi connectivity index (χ1n) is 7.21. The Morgan fingerprint density at radius 3 is 2.75 bits per heavy atom. The number of rotatable bonds is 9. The lowest BCUT2D eigenvalue weighted by Gasteiger charge is -2.23. The molecule has 0 aliphatic rings. The molecule has 0 spiro atoms. The van der Waals surface area contributed by atoms with Gasteiger partial charge in [-0.3, -0.25) is 4.79 Å². The lowest BCUT2D eigenvalue weighted by atomic mass is 10.0. The highest BCUT2D eigenvalue weighted by Crippen LogP contribution is 2.22. The summed E-state index contributed by atoms with van der Waals surface area (Å²) in [5, 5.41) is 5.12. The molecule has 0 radical (unpaired) electrons. The predicted molar refractivity (Wildman–Crippen MR) is 85.8 cm³/mol. The van der Waals surface area contributed by atoms with Gasteiger partial charge in [0, 0.05) is 17.8 Å². The maximum Gasteiger partial charge on any atom is 0.220 e. The van der Waals surface area contributed by atoms with Crippen LogP contribution < -0.4 is 11.1 Å². The van der Waals surface area contributed by atoms with Crippen LogP contribution in [0.5, 0.6) is 0 Å². The topological polar surface area (TPSA) is 58.4 Å². The van der Waals surface area contributed by atoms with Crippen molar-refractivity contribution < 1.29 is 4.79 Å². The van der Waals surface area contributed by atoms with Crippen LogP contribution in [0.4, 0.5) is 0 Å². The van der Waals surface area contributed by atoms with Crippen LogP contribution in [0.3, 0.4) is 0 Å². The van der Waals surface area contributed by atoms with Gasteiger partial charge in [0.25, 0.3) is 0 Å². The lowest BCUT2D eigenvalue weighted by molar-refractivity contribution is -0.121. The van der Waals surface area contributed by atoms with E-state index in [0.717, 1.165) is 12.8 Å². The van der Waals surface area contributed by atoms with E-state index in [1.807, 2.05) is 20.2 Å². The molecule has 1 rings (SSSR count). The van der Waals surface area contributed by atoms with Gasteiger partial charge < -0.3 is 16.0 Å². The van der Waals surface area contributed by atoms with E-state index < -0.39 is 0 Å². The van der Waals surface area contributed by atoms with Crippen molar-refractivity contribution >= 4 is 17.2 Å². The third-order valence-electron chi connectivity index (χ3n) is 3.51. The van der Waals surface area contributed by atoms with Crippen molar-refractivity contribution in [3.05, 3.63) is 22.4 Å². The summed E-state index contributed by atoms with van der Waals surface area (Å²) < 4.78 is 0. The van der Waals surface area contributed by atoms with Gasteiger partial charge in [-0.15, -0.1) is 11.3 Å².